The molecule has 9 aromatic rings. The van der Waals surface area contributed by atoms with Crippen molar-refractivity contribution < 1.29 is 30.6 Å². The van der Waals surface area contributed by atoms with E-state index in [-0.39, 0.29) is 37.9 Å². The number of aromatic hydroxyl groups is 2. The van der Waals surface area contributed by atoms with Gasteiger partial charge in [-0.1, -0.05) is 182 Å². The topological polar surface area (TPSA) is 121 Å². The summed E-state index contributed by atoms with van der Waals surface area (Å²) < 4.78 is 0. The average Bonchev–Trinajstić information content (AvgIpc) is 3.29. The highest BCUT2D eigenvalue weighted by atomic mass is 16.3. The molecule has 58 heavy (non-hydrogen) atoms. The van der Waals surface area contributed by atoms with Crippen molar-refractivity contribution in [2.45, 2.75) is 12.8 Å². The molecule has 6 heteroatoms. The number of benzene rings is 9. The minimum absolute atomic E-state index is 0.125. The van der Waals surface area contributed by atoms with Crippen LogP contribution in [-0.4, -0.2) is 57.1 Å². The lowest BCUT2D eigenvalue weighted by atomic mass is 9.92. The van der Waals surface area contributed by atoms with Gasteiger partial charge in [0, 0.05) is 24.3 Å². The molecule has 0 aliphatic carbocycles. The minimum Gasteiger partial charge on any atom is -0.507 e. The molecular weight excluding hydrogens is 721 g/mol. The Kier molecular flexibility index (Phi) is 16.8. The lowest BCUT2D eigenvalue weighted by Crippen LogP contribution is -1.86. The first-order valence-corrected chi connectivity index (χ1v) is 19.3. The molecule has 294 valence electrons. The van der Waals surface area contributed by atoms with Crippen LogP contribution in [0.2, 0.25) is 0 Å². The summed E-state index contributed by atoms with van der Waals surface area (Å²) in [4.78, 5) is 0. The summed E-state index contributed by atoms with van der Waals surface area (Å²) in [5.74, 6) is 0.343. The van der Waals surface area contributed by atoms with Crippen LogP contribution < -0.4 is 0 Å². The second-order valence-electron chi connectivity index (χ2n) is 13.2. The van der Waals surface area contributed by atoms with Gasteiger partial charge in [0.25, 0.3) is 0 Å². The highest BCUT2D eigenvalue weighted by molar-refractivity contribution is 6.09. The molecule has 0 radical (unpaired) electrons. The second-order valence-corrected chi connectivity index (χ2v) is 13.2. The first-order valence-electron chi connectivity index (χ1n) is 19.3. The average molecular weight is 771 g/mol. The molecule has 0 spiro atoms. The number of aliphatic hydroxyl groups excluding tert-OH is 4. The van der Waals surface area contributed by atoms with Gasteiger partial charge in [-0.2, -0.15) is 0 Å². The van der Waals surface area contributed by atoms with E-state index in [4.69, 9.17) is 20.4 Å². The normalized spacial score (nSPS) is 10.3. The van der Waals surface area contributed by atoms with Gasteiger partial charge in [0.05, 0.1) is 13.2 Å². The van der Waals surface area contributed by atoms with E-state index < -0.39 is 0 Å². The van der Waals surface area contributed by atoms with E-state index in [1.165, 1.54) is 32.7 Å². The van der Waals surface area contributed by atoms with Crippen molar-refractivity contribution in [2.24, 2.45) is 0 Å². The van der Waals surface area contributed by atoms with Gasteiger partial charge in [-0.05, 0) is 79.2 Å². The number of unbranched alkanes of at least 4 members (excludes halogenated alkanes) is 1. The Hall–Kier alpha value is -6.54. The van der Waals surface area contributed by atoms with E-state index in [1.807, 2.05) is 97.1 Å². The molecule has 0 heterocycles. The third-order valence-electron chi connectivity index (χ3n) is 9.27. The van der Waals surface area contributed by atoms with Gasteiger partial charge in [0.1, 0.15) is 11.5 Å². The Bertz CT molecular complexity index is 2400. The van der Waals surface area contributed by atoms with Gasteiger partial charge in [0.15, 0.2) is 0 Å². The third kappa shape index (κ3) is 11.3. The van der Waals surface area contributed by atoms with Crippen LogP contribution in [0.3, 0.4) is 0 Å². The molecule has 0 aromatic heterocycles. The van der Waals surface area contributed by atoms with E-state index in [2.05, 4.69) is 84.9 Å². The summed E-state index contributed by atoms with van der Waals surface area (Å²) in [6.07, 6.45) is 1.44. The number of rotatable bonds is 6. The molecule has 9 rings (SSSR count). The van der Waals surface area contributed by atoms with Crippen LogP contribution in [0.1, 0.15) is 12.8 Å². The summed E-state index contributed by atoms with van der Waals surface area (Å²) in [6, 6.07) is 65.0. The van der Waals surface area contributed by atoms with E-state index in [0.717, 1.165) is 34.4 Å². The Morgan fingerprint density at radius 2 is 0.552 bits per heavy atom. The number of hydrogen-bond donors (Lipinski definition) is 6. The molecule has 0 fully saturated rings. The van der Waals surface area contributed by atoms with E-state index >= 15 is 0 Å². The lowest BCUT2D eigenvalue weighted by Gasteiger charge is -2.14. The first-order chi connectivity index (χ1) is 28.5. The molecule has 0 atom stereocenters. The SMILES string of the molecule is OCCCCO.OCCO.Oc1ccc2ccccc2c1-c1c(O)ccc2ccccc12.c1ccc2c(-c3cccc4ccccc34)cccc2c1.c1ccccc1. The predicted molar refractivity (Wildman–Crippen MR) is 241 cm³/mol. The summed E-state index contributed by atoms with van der Waals surface area (Å²) in [5, 5.41) is 61.4. The molecule has 0 aliphatic rings. The Morgan fingerprint density at radius 3 is 0.879 bits per heavy atom. The predicted octanol–water partition coefficient (Wildman–Crippen LogP) is 11.1. The molecular formula is C52H50O6. The van der Waals surface area contributed by atoms with Gasteiger partial charge in [-0.15, -0.1) is 0 Å². The number of fused-ring (bicyclic) bond motifs is 4. The first kappa shape index (κ1) is 42.6. The lowest BCUT2D eigenvalue weighted by molar-refractivity contribution is 0.186. The zero-order chi connectivity index (χ0) is 41.0. The number of aliphatic hydroxyl groups is 4. The fourth-order valence-electron chi connectivity index (χ4n) is 6.57. The van der Waals surface area contributed by atoms with Crippen LogP contribution in [0.15, 0.2) is 194 Å². The highest BCUT2D eigenvalue weighted by Gasteiger charge is 2.16. The fourth-order valence-corrected chi connectivity index (χ4v) is 6.57. The van der Waals surface area contributed by atoms with Crippen molar-refractivity contribution in [1.29, 1.82) is 0 Å². The van der Waals surface area contributed by atoms with Gasteiger partial charge in [-0.25, -0.2) is 0 Å². The maximum atomic E-state index is 10.4. The molecule has 9 aromatic carbocycles. The standard InChI is InChI=1S/C20H14O2.C20H14.C6H6.C4H10O2.C2H6O2/c21-17-11-9-13-5-1-3-7-15(13)19(17)20-16-8-4-2-6-14(16)10-12-18(20)22;1-3-11-17-15(7-1)9-5-13-19(17)20-14-6-10-16-8-2-4-12-18(16)20;1-2-4-6-5-3-1;5-3-1-2-4-6;3-1-2-4/h1-12,21-22H;1-14H;1-6H;5-6H,1-4H2;3-4H,1-2H2. The zero-order valence-electron chi connectivity index (χ0n) is 32.4. The van der Waals surface area contributed by atoms with Gasteiger partial charge < -0.3 is 30.6 Å². The van der Waals surface area contributed by atoms with E-state index in [1.54, 1.807) is 12.1 Å². The zero-order valence-corrected chi connectivity index (χ0v) is 32.4. The van der Waals surface area contributed by atoms with Crippen molar-refractivity contribution in [3.63, 3.8) is 0 Å². The van der Waals surface area contributed by atoms with Gasteiger partial charge >= 0.3 is 0 Å². The quantitative estimate of drug-likeness (QED) is 0.0937. The molecule has 0 saturated carbocycles. The largest absolute Gasteiger partial charge is 0.507 e. The third-order valence-corrected chi connectivity index (χ3v) is 9.27. The smallest absolute Gasteiger partial charge is 0.124 e. The molecule has 6 nitrogen and oxygen atoms in total. The maximum absolute atomic E-state index is 10.4. The summed E-state index contributed by atoms with van der Waals surface area (Å²) in [5.41, 5.74) is 3.96. The Balaban J connectivity index is 0.000000162. The summed E-state index contributed by atoms with van der Waals surface area (Å²) >= 11 is 0. The van der Waals surface area contributed by atoms with Gasteiger partial charge in [0.2, 0.25) is 0 Å². The van der Waals surface area contributed by atoms with Crippen molar-refractivity contribution in [3.8, 4) is 33.8 Å². The Morgan fingerprint density at radius 1 is 0.259 bits per heavy atom. The number of phenols is 2. The van der Waals surface area contributed by atoms with Crippen LogP contribution >= 0.6 is 0 Å². The van der Waals surface area contributed by atoms with E-state index in [9.17, 15) is 10.2 Å². The highest BCUT2D eigenvalue weighted by Crippen LogP contribution is 2.44. The Labute approximate surface area is 339 Å². The van der Waals surface area contributed by atoms with Crippen LogP contribution in [0.4, 0.5) is 0 Å². The van der Waals surface area contributed by atoms with Gasteiger partial charge in [-0.3, -0.25) is 0 Å². The minimum atomic E-state index is -0.125. The second kappa shape index (κ2) is 22.9. The van der Waals surface area contributed by atoms with E-state index in [0.29, 0.717) is 11.1 Å². The molecule has 0 unspecified atom stereocenters. The number of hydrogen-bond acceptors (Lipinski definition) is 6. The fraction of sp³-hybridized carbons (Fsp3) is 0.115. The molecule has 0 aliphatic heterocycles. The van der Waals surface area contributed by atoms with Crippen LogP contribution in [0.5, 0.6) is 11.5 Å². The number of phenolic OH excluding ortho intramolecular Hbond substituents is 2. The molecule has 6 N–H and O–H groups in total. The van der Waals surface area contributed by atoms with Crippen molar-refractivity contribution in [3.05, 3.63) is 194 Å². The molecule has 0 amide bonds. The summed E-state index contributed by atoms with van der Waals surface area (Å²) in [7, 11) is 0. The monoisotopic (exact) mass is 770 g/mol. The van der Waals surface area contributed by atoms with Crippen LogP contribution in [-0.2, 0) is 0 Å². The molecule has 0 bridgehead atoms. The van der Waals surface area contributed by atoms with Crippen LogP contribution in [0.25, 0.3) is 65.3 Å². The molecule has 0 saturated heterocycles. The van der Waals surface area contributed by atoms with Crippen molar-refractivity contribution >= 4 is 43.1 Å². The summed E-state index contributed by atoms with van der Waals surface area (Å²) in [6.45, 7) is 0.140. The maximum Gasteiger partial charge on any atom is 0.124 e. The van der Waals surface area contributed by atoms with Crippen molar-refractivity contribution in [2.75, 3.05) is 26.4 Å². The van der Waals surface area contributed by atoms with Crippen LogP contribution in [0, 0.1) is 0 Å². The van der Waals surface area contributed by atoms with Crippen molar-refractivity contribution in [1.82, 2.24) is 0 Å².